The molecule has 0 heterocycles. The normalized spacial score (nSPS) is 10.4. The fourth-order valence-electron chi connectivity index (χ4n) is 1.92. The van der Waals surface area contributed by atoms with E-state index in [1.165, 1.54) is 5.56 Å². The monoisotopic (exact) mass is 289 g/mol. The van der Waals surface area contributed by atoms with E-state index in [9.17, 15) is 0 Å². The molecule has 0 atom stereocenters. The molecule has 0 amide bonds. The van der Waals surface area contributed by atoms with Crippen LogP contribution in [0.25, 0.3) is 0 Å². The van der Waals surface area contributed by atoms with E-state index in [0.29, 0.717) is 6.61 Å². The van der Waals surface area contributed by atoms with Gasteiger partial charge in [0.25, 0.3) is 0 Å². The summed E-state index contributed by atoms with van der Waals surface area (Å²) in [6.07, 6.45) is 0. The van der Waals surface area contributed by atoms with Gasteiger partial charge in [0.1, 0.15) is 12.4 Å². The van der Waals surface area contributed by atoms with Crippen LogP contribution in [-0.2, 0) is 0 Å². The van der Waals surface area contributed by atoms with Gasteiger partial charge in [-0.2, -0.15) is 0 Å². The van der Waals surface area contributed by atoms with Crippen molar-refractivity contribution in [2.75, 3.05) is 18.5 Å². The zero-order chi connectivity index (χ0) is 14.5. The molecule has 2 aromatic rings. The second-order valence-corrected chi connectivity index (χ2v) is 5.42. The highest BCUT2D eigenvalue weighted by Gasteiger charge is 2.00. The highest BCUT2D eigenvalue weighted by Crippen LogP contribution is 2.20. The molecule has 2 rings (SSSR count). The lowest BCUT2D eigenvalue weighted by molar-refractivity contribution is 0.330. The number of hydrogen-bond donors (Lipinski definition) is 1. The van der Waals surface area contributed by atoms with Crippen LogP contribution in [0.15, 0.2) is 36.4 Å². The summed E-state index contributed by atoms with van der Waals surface area (Å²) in [6, 6.07) is 12.2. The number of rotatable bonds is 5. The van der Waals surface area contributed by atoms with Gasteiger partial charge in [-0.3, -0.25) is 0 Å². The van der Waals surface area contributed by atoms with E-state index in [1.54, 1.807) is 0 Å². The molecule has 0 aliphatic carbocycles. The van der Waals surface area contributed by atoms with Crippen LogP contribution in [0.4, 0.5) is 5.69 Å². The molecule has 0 unspecified atom stereocenters. The van der Waals surface area contributed by atoms with Crippen LogP contribution in [-0.4, -0.2) is 13.2 Å². The lowest BCUT2D eigenvalue weighted by atomic mass is 10.1. The quantitative estimate of drug-likeness (QED) is 0.802. The second-order valence-electron chi connectivity index (χ2n) is 5.01. The first kappa shape index (κ1) is 14.7. The Bertz CT molecular complexity index is 596. The average Bonchev–Trinajstić information content (AvgIpc) is 2.42. The maximum atomic E-state index is 6.09. The van der Waals surface area contributed by atoms with Crippen LogP contribution >= 0.6 is 11.6 Å². The van der Waals surface area contributed by atoms with E-state index < -0.39 is 0 Å². The minimum Gasteiger partial charge on any atom is -0.491 e. The van der Waals surface area contributed by atoms with Gasteiger partial charge in [-0.1, -0.05) is 29.8 Å². The Morgan fingerprint density at radius 3 is 2.50 bits per heavy atom. The Balaban J connectivity index is 1.84. The van der Waals surface area contributed by atoms with Crippen LogP contribution in [0.5, 0.6) is 5.75 Å². The molecule has 1 N–H and O–H groups in total. The summed E-state index contributed by atoms with van der Waals surface area (Å²) in [5.74, 6) is 0.953. The van der Waals surface area contributed by atoms with E-state index in [2.05, 4.69) is 37.4 Å². The van der Waals surface area contributed by atoms with Gasteiger partial charge < -0.3 is 10.1 Å². The maximum absolute atomic E-state index is 6.09. The molecular weight excluding hydrogens is 270 g/mol. The van der Waals surface area contributed by atoms with E-state index in [1.807, 2.05) is 25.1 Å². The predicted octanol–water partition coefficient (Wildman–Crippen LogP) is 4.76. The van der Waals surface area contributed by atoms with Gasteiger partial charge >= 0.3 is 0 Å². The molecule has 0 spiro atoms. The molecule has 0 aliphatic rings. The van der Waals surface area contributed by atoms with Crippen molar-refractivity contribution in [3.8, 4) is 5.75 Å². The van der Waals surface area contributed by atoms with Crippen LogP contribution in [0.3, 0.4) is 0 Å². The molecular formula is C17H20ClNO. The molecule has 0 saturated heterocycles. The summed E-state index contributed by atoms with van der Waals surface area (Å²) < 4.78 is 5.80. The smallest absolute Gasteiger partial charge is 0.122 e. The number of ether oxygens (including phenoxy) is 1. The number of nitrogens with one attached hydrogen (secondary N) is 1. The summed E-state index contributed by atoms with van der Waals surface area (Å²) in [6.45, 7) is 7.49. The Morgan fingerprint density at radius 1 is 1.00 bits per heavy atom. The SMILES string of the molecule is Cc1ccc(C)c(OCCNc2ccc(C)c(Cl)c2)c1. The Morgan fingerprint density at radius 2 is 1.75 bits per heavy atom. The summed E-state index contributed by atoms with van der Waals surface area (Å²) in [5, 5.41) is 4.09. The van der Waals surface area contributed by atoms with Crippen LogP contribution < -0.4 is 10.1 Å². The number of benzene rings is 2. The number of hydrogen-bond acceptors (Lipinski definition) is 2. The van der Waals surface area contributed by atoms with E-state index in [-0.39, 0.29) is 0 Å². The van der Waals surface area contributed by atoms with Gasteiger partial charge in [0.15, 0.2) is 0 Å². The summed E-state index contributed by atoms with van der Waals surface area (Å²) in [4.78, 5) is 0. The molecule has 0 fully saturated rings. The van der Waals surface area contributed by atoms with Crippen molar-refractivity contribution >= 4 is 17.3 Å². The van der Waals surface area contributed by atoms with Crippen molar-refractivity contribution in [3.63, 3.8) is 0 Å². The van der Waals surface area contributed by atoms with Crippen molar-refractivity contribution in [2.45, 2.75) is 20.8 Å². The summed E-state index contributed by atoms with van der Waals surface area (Å²) in [7, 11) is 0. The molecule has 0 aliphatic heterocycles. The first-order chi connectivity index (χ1) is 9.56. The lowest BCUT2D eigenvalue weighted by Crippen LogP contribution is -2.12. The van der Waals surface area contributed by atoms with Crippen molar-refractivity contribution in [1.82, 2.24) is 0 Å². The maximum Gasteiger partial charge on any atom is 0.122 e. The highest BCUT2D eigenvalue weighted by atomic mass is 35.5. The van der Waals surface area contributed by atoms with Crippen LogP contribution in [0.1, 0.15) is 16.7 Å². The largest absolute Gasteiger partial charge is 0.491 e. The third-order valence-electron chi connectivity index (χ3n) is 3.20. The van der Waals surface area contributed by atoms with Crippen LogP contribution in [0.2, 0.25) is 5.02 Å². The molecule has 0 saturated carbocycles. The van der Waals surface area contributed by atoms with Gasteiger partial charge in [0.2, 0.25) is 0 Å². The highest BCUT2D eigenvalue weighted by molar-refractivity contribution is 6.31. The summed E-state index contributed by atoms with van der Waals surface area (Å²) >= 11 is 6.09. The van der Waals surface area contributed by atoms with Gasteiger partial charge in [0, 0.05) is 17.3 Å². The van der Waals surface area contributed by atoms with E-state index >= 15 is 0 Å². The Labute approximate surface area is 125 Å². The van der Waals surface area contributed by atoms with Gasteiger partial charge in [0.05, 0.1) is 0 Å². The van der Waals surface area contributed by atoms with E-state index in [0.717, 1.165) is 34.1 Å². The molecule has 2 aromatic carbocycles. The first-order valence-corrected chi connectivity index (χ1v) is 7.14. The lowest BCUT2D eigenvalue weighted by Gasteiger charge is -2.11. The van der Waals surface area contributed by atoms with Gasteiger partial charge in [-0.05, 0) is 55.7 Å². The van der Waals surface area contributed by atoms with Crippen molar-refractivity contribution in [1.29, 1.82) is 0 Å². The average molecular weight is 290 g/mol. The van der Waals surface area contributed by atoms with Crippen LogP contribution in [0, 0.1) is 20.8 Å². The van der Waals surface area contributed by atoms with Gasteiger partial charge in [-0.15, -0.1) is 0 Å². The molecule has 0 bridgehead atoms. The van der Waals surface area contributed by atoms with Crippen molar-refractivity contribution < 1.29 is 4.74 Å². The number of aryl methyl sites for hydroxylation is 3. The molecule has 0 radical (unpaired) electrons. The third kappa shape index (κ3) is 3.91. The van der Waals surface area contributed by atoms with Gasteiger partial charge in [-0.25, -0.2) is 0 Å². The number of halogens is 1. The standard InChI is InChI=1S/C17H20ClNO/c1-12-4-5-14(3)17(10-12)20-9-8-19-15-7-6-13(2)16(18)11-15/h4-7,10-11,19H,8-9H2,1-3H3. The molecule has 2 nitrogen and oxygen atoms in total. The Kier molecular flexibility index (Phi) is 4.91. The number of anilines is 1. The first-order valence-electron chi connectivity index (χ1n) is 6.76. The molecule has 20 heavy (non-hydrogen) atoms. The zero-order valence-electron chi connectivity index (χ0n) is 12.2. The zero-order valence-corrected chi connectivity index (χ0v) is 12.9. The predicted molar refractivity (Wildman–Crippen MR) is 86.1 cm³/mol. The Hall–Kier alpha value is -1.67. The fourth-order valence-corrected chi connectivity index (χ4v) is 2.10. The fraction of sp³-hybridized carbons (Fsp3) is 0.294. The molecule has 3 heteroatoms. The van der Waals surface area contributed by atoms with E-state index in [4.69, 9.17) is 16.3 Å². The minimum atomic E-state index is 0.621. The molecule has 0 aromatic heterocycles. The minimum absolute atomic E-state index is 0.621. The van der Waals surface area contributed by atoms with Crippen molar-refractivity contribution in [3.05, 3.63) is 58.1 Å². The summed E-state index contributed by atoms with van der Waals surface area (Å²) in [5.41, 5.74) is 4.48. The third-order valence-corrected chi connectivity index (χ3v) is 3.61. The van der Waals surface area contributed by atoms with Crippen molar-refractivity contribution in [2.24, 2.45) is 0 Å². The topological polar surface area (TPSA) is 21.3 Å². The second kappa shape index (κ2) is 6.67. The molecule has 106 valence electrons.